The Labute approximate surface area is 220 Å². The van der Waals surface area contributed by atoms with Crippen LogP contribution >= 0.6 is 0 Å². The molecule has 0 amide bonds. The van der Waals surface area contributed by atoms with Gasteiger partial charge in [-0.3, -0.25) is 4.98 Å². The van der Waals surface area contributed by atoms with Gasteiger partial charge >= 0.3 is 0 Å². The van der Waals surface area contributed by atoms with Gasteiger partial charge in [-0.05, 0) is 25.2 Å². The first-order valence-electron chi connectivity index (χ1n) is 13.0. The predicted octanol–water partition coefficient (Wildman–Crippen LogP) is 3.38. The summed E-state index contributed by atoms with van der Waals surface area (Å²) in [5, 5.41) is 8.18. The number of methoxy groups -OCH3 is 2. The van der Waals surface area contributed by atoms with Crippen LogP contribution in [0.3, 0.4) is 0 Å². The van der Waals surface area contributed by atoms with Gasteiger partial charge in [-0.15, -0.1) is 0 Å². The molecule has 9 nitrogen and oxygen atoms in total. The predicted molar refractivity (Wildman–Crippen MR) is 150 cm³/mol. The number of likely N-dealkylation sites (N-methyl/N-ethyl adjacent to an activating group) is 1. The fourth-order valence-corrected chi connectivity index (χ4v) is 4.57. The van der Waals surface area contributed by atoms with Crippen molar-refractivity contribution in [1.29, 1.82) is 0 Å². The summed E-state index contributed by atoms with van der Waals surface area (Å²) < 4.78 is 11.1. The van der Waals surface area contributed by atoms with E-state index in [0.717, 1.165) is 85.4 Å². The van der Waals surface area contributed by atoms with Crippen LogP contribution in [0.5, 0.6) is 11.5 Å². The van der Waals surface area contributed by atoms with Gasteiger partial charge in [0.1, 0.15) is 11.5 Å². The third-order valence-corrected chi connectivity index (χ3v) is 6.78. The molecular formula is C28H41N7O2. The highest BCUT2D eigenvalue weighted by Gasteiger charge is 2.19. The maximum absolute atomic E-state index is 5.55. The molecule has 2 heterocycles. The van der Waals surface area contributed by atoms with Crippen LogP contribution in [0.4, 0.5) is 11.4 Å². The van der Waals surface area contributed by atoms with E-state index in [0.29, 0.717) is 6.04 Å². The van der Waals surface area contributed by atoms with Crippen LogP contribution in [0.2, 0.25) is 0 Å². The molecule has 1 N–H and O–H groups in total. The molecule has 2 aromatic carbocycles. The van der Waals surface area contributed by atoms with Crippen molar-refractivity contribution in [1.82, 2.24) is 30.2 Å². The quantitative estimate of drug-likeness (QED) is 0.421. The average molecular weight is 508 g/mol. The molecule has 37 heavy (non-hydrogen) atoms. The molecule has 0 atom stereocenters. The van der Waals surface area contributed by atoms with Gasteiger partial charge in [-0.25, -0.2) is 15.0 Å². The molecule has 0 saturated carbocycles. The minimum absolute atomic E-state index is 0.406. The zero-order chi connectivity index (χ0) is 26.4. The van der Waals surface area contributed by atoms with Crippen LogP contribution in [0.25, 0.3) is 11.0 Å². The van der Waals surface area contributed by atoms with Crippen LogP contribution in [0.1, 0.15) is 19.5 Å². The van der Waals surface area contributed by atoms with Crippen molar-refractivity contribution < 1.29 is 9.47 Å². The Kier molecular flexibility index (Phi) is 9.15. The van der Waals surface area contributed by atoms with E-state index < -0.39 is 0 Å². The molecular weight excluding hydrogens is 466 g/mol. The highest BCUT2D eigenvalue weighted by molar-refractivity contribution is 5.81. The number of benzene rings is 2. The van der Waals surface area contributed by atoms with E-state index in [1.165, 1.54) is 0 Å². The summed E-state index contributed by atoms with van der Waals surface area (Å²) in [6.45, 7) is 10.9. The van der Waals surface area contributed by atoms with E-state index in [4.69, 9.17) is 19.4 Å². The minimum Gasteiger partial charge on any atom is -0.497 e. The van der Waals surface area contributed by atoms with Gasteiger partial charge in [-0.1, -0.05) is 13.8 Å². The Morgan fingerprint density at radius 3 is 2.30 bits per heavy atom. The van der Waals surface area contributed by atoms with Crippen LogP contribution in [-0.2, 0) is 6.54 Å². The lowest BCUT2D eigenvalue weighted by atomic mass is 10.2. The molecule has 9 heteroatoms. The molecule has 3 aromatic rings. The third kappa shape index (κ3) is 7.07. The molecule has 0 spiro atoms. The second-order valence-electron chi connectivity index (χ2n) is 9.94. The van der Waals surface area contributed by atoms with E-state index >= 15 is 0 Å². The van der Waals surface area contributed by atoms with E-state index in [-0.39, 0.29) is 0 Å². The van der Waals surface area contributed by atoms with Gasteiger partial charge in [0.05, 0.1) is 43.7 Å². The monoisotopic (exact) mass is 507 g/mol. The van der Waals surface area contributed by atoms with Crippen molar-refractivity contribution >= 4 is 22.4 Å². The maximum Gasteiger partial charge on any atom is 0.124 e. The molecule has 1 fully saturated rings. The minimum atomic E-state index is 0.406. The molecule has 1 aliphatic rings. The first-order valence-corrected chi connectivity index (χ1v) is 13.0. The smallest absolute Gasteiger partial charge is 0.124 e. The Morgan fingerprint density at radius 1 is 0.946 bits per heavy atom. The lowest BCUT2D eigenvalue weighted by Crippen LogP contribution is -2.51. The van der Waals surface area contributed by atoms with Crippen LogP contribution < -0.4 is 19.7 Å². The standard InChI is InChI=1S/C28H41N7O2/c1-21(2)29-9-10-35(24-15-25(36-5)18-26(16-24)37-6)23-7-8-27-28(17-23)31-22(19-30-27)20-33(4)34-13-11-32(3)12-14-34/h7-8,15-19,21,29H,9-14,20H2,1-6H3. The molecule has 1 aliphatic heterocycles. The second-order valence-corrected chi connectivity index (χ2v) is 9.94. The number of rotatable bonds is 11. The number of ether oxygens (including phenoxy) is 2. The van der Waals surface area contributed by atoms with Gasteiger partial charge in [0, 0.05) is 81.9 Å². The molecule has 1 saturated heterocycles. The molecule has 4 rings (SSSR count). The molecule has 200 valence electrons. The van der Waals surface area contributed by atoms with Crippen LogP contribution in [0, 0.1) is 0 Å². The van der Waals surface area contributed by atoms with Gasteiger partial charge in [0.25, 0.3) is 0 Å². The normalized spacial score (nSPS) is 15.0. The van der Waals surface area contributed by atoms with Gasteiger partial charge < -0.3 is 24.6 Å². The number of fused-ring (bicyclic) bond motifs is 1. The lowest BCUT2D eigenvalue weighted by molar-refractivity contribution is -0.0403. The first kappa shape index (κ1) is 27.1. The molecule has 0 unspecified atom stereocenters. The molecule has 0 radical (unpaired) electrons. The maximum atomic E-state index is 5.55. The largest absolute Gasteiger partial charge is 0.497 e. The summed E-state index contributed by atoms with van der Waals surface area (Å²) in [7, 11) is 7.66. The topological polar surface area (TPSA) is 69.2 Å². The summed E-state index contributed by atoms with van der Waals surface area (Å²) in [6, 6.07) is 12.7. The van der Waals surface area contributed by atoms with E-state index in [1.54, 1.807) is 14.2 Å². The number of anilines is 2. The second kappa shape index (κ2) is 12.5. The summed E-state index contributed by atoms with van der Waals surface area (Å²) in [5.41, 5.74) is 4.78. The fraction of sp³-hybridized carbons (Fsp3) is 0.500. The highest BCUT2D eigenvalue weighted by Crippen LogP contribution is 2.33. The van der Waals surface area contributed by atoms with Crippen molar-refractivity contribution in [2.75, 3.05) is 72.5 Å². The van der Waals surface area contributed by atoms with E-state index in [9.17, 15) is 0 Å². The Bertz CT molecular complexity index is 1140. The number of nitrogens with zero attached hydrogens (tertiary/aromatic N) is 6. The lowest BCUT2D eigenvalue weighted by Gasteiger charge is -2.38. The Morgan fingerprint density at radius 2 is 1.65 bits per heavy atom. The number of nitrogens with one attached hydrogen (secondary N) is 1. The zero-order valence-electron chi connectivity index (χ0n) is 23.1. The number of hydrogen-bond donors (Lipinski definition) is 1. The molecule has 0 aliphatic carbocycles. The average Bonchev–Trinajstić information content (AvgIpc) is 2.90. The van der Waals surface area contributed by atoms with E-state index in [1.807, 2.05) is 30.5 Å². The Hall–Kier alpha value is -2.98. The summed E-state index contributed by atoms with van der Waals surface area (Å²) in [6.07, 6.45) is 1.89. The molecule has 0 bridgehead atoms. The fourth-order valence-electron chi connectivity index (χ4n) is 4.57. The number of piperazine rings is 1. The van der Waals surface area contributed by atoms with Crippen molar-refractivity contribution in [3.05, 3.63) is 48.3 Å². The van der Waals surface area contributed by atoms with E-state index in [2.05, 4.69) is 65.2 Å². The van der Waals surface area contributed by atoms with Crippen molar-refractivity contribution in [3.63, 3.8) is 0 Å². The van der Waals surface area contributed by atoms with Crippen molar-refractivity contribution in [2.24, 2.45) is 0 Å². The third-order valence-electron chi connectivity index (χ3n) is 6.78. The summed E-state index contributed by atoms with van der Waals surface area (Å²) in [4.78, 5) is 14.4. The highest BCUT2D eigenvalue weighted by atomic mass is 16.5. The van der Waals surface area contributed by atoms with Gasteiger partial charge in [-0.2, -0.15) is 0 Å². The number of aromatic nitrogens is 2. The first-order chi connectivity index (χ1) is 17.9. The number of hydrogen-bond acceptors (Lipinski definition) is 9. The van der Waals surface area contributed by atoms with Crippen molar-refractivity contribution in [3.8, 4) is 11.5 Å². The zero-order valence-corrected chi connectivity index (χ0v) is 23.1. The Balaban J connectivity index is 1.62. The number of hydrazine groups is 1. The summed E-state index contributed by atoms with van der Waals surface area (Å²) >= 11 is 0. The van der Waals surface area contributed by atoms with Crippen molar-refractivity contribution in [2.45, 2.75) is 26.4 Å². The van der Waals surface area contributed by atoms with Crippen LogP contribution in [0.15, 0.2) is 42.6 Å². The molecule has 1 aromatic heterocycles. The SMILES string of the molecule is COc1cc(OC)cc(N(CCNC(C)C)c2ccc3ncc(CN(C)N4CCN(C)CC4)nc3c2)c1. The summed E-state index contributed by atoms with van der Waals surface area (Å²) in [5.74, 6) is 1.51. The van der Waals surface area contributed by atoms with Crippen LogP contribution in [-0.4, -0.2) is 98.5 Å². The van der Waals surface area contributed by atoms with Gasteiger partial charge in [0.2, 0.25) is 0 Å². The van der Waals surface area contributed by atoms with Gasteiger partial charge in [0.15, 0.2) is 0 Å².